The van der Waals surface area contributed by atoms with Gasteiger partial charge in [-0.1, -0.05) is 23.7 Å². The number of carbonyl (C=O) groups is 1. The van der Waals surface area contributed by atoms with E-state index >= 15 is 0 Å². The molecule has 0 saturated heterocycles. The van der Waals surface area contributed by atoms with Crippen molar-refractivity contribution in [3.8, 4) is 34.8 Å². The number of rotatable bonds is 6. The first-order valence-electron chi connectivity index (χ1n) is 12.1. The Morgan fingerprint density at radius 2 is 1.87 bits per heavy atom. The molecule has 0 aliphatic carbocycles. The van der Waals surface area contributed by atoms with Crippen LogP contribution >= 0.6 is 11.6 Å². The molecule has 1 unspecified atom stereocenters. The zero-order valence-electron chi connectivity index (χ0n) is 21.4. The third-order valence-electron chi connectivity index (χ3n) is 6.63. The summed E-state index contributed by atoms with van der Waals surface area (Å²) in [5.41, 5.74) is 2.40. The number of benzene rings is 2. The van der Waals surface area contributed by atoms with Crippen molar-refractivity contribution in [3.63, 3.8) is 0 Å². The van der Waals surface area contributed by atoms with E-state index in [1.807, 2.05) is 30.5 Å². The van der Waals surface area contributed by atoms with E-state index in [-0.39, 0.29) is 41.9 Å². The molecule has 0 bridgehead atoms. The first-order chi connectivity index (χ1) is 18.8. The number of anilines is 1. The molecule has 0 fully saturated rings. The van der Waals surface area contributed by atoms with Gasteiger partial charge in [0.1, 0.15) is 11.9 Å². The van der Waals surface area contributed by atoms with Gasteiger partial charge >= 0.3 is 6.01 Å². The summed E-state index contributed by atoms with van der Waals surface area (Å²) in [5, 5.41) is 0.544. The van der Waals surface area contributed by atoms with Crippen LogP contribution in [0, 0.1) is 5.82 Å². The number of imidazole rings is 1. The third kappa shape index (κ3) is 3.92. The number of fused-ring (bicyclic) bond motifs is 2. The Hall–Kier alpha value is -4.38. The Bertz CT molecular complexity index is 1610. The SMILES string of the molecule is COc1ncc(-c2nc3c(n2C(C)C)C(c2ccc(Cl)cc2)N(c2cc(F)c4c(c2)OCO4)C3=O)c(OC)n1. The summed E-state index contributed by atoms with van der Waals surface area (Å²) >= 11 is 6.19. The van der Waals surface area contributed by atoms with E-state index in [0.717, 1.165) is 5.56 Å². The van der Waals surface area contributed by atoms with Crippen LogP contribution in [0.3, 0.4) is 0 Å². The van der Waals surface area contributed by atoms with Crippen LogP contribution in [0.25, 0.3) is 11.4 Å². The summed E-state index contributed by atoms with van der Waals surface area (Å²) in [6.07, 6.45) is 1.55. The maximum absolute atomic E-state index is 15.0. The molecule has 0 radical (unpaired) electrons. The van der Waals surface area contributed by atoms with Gasteiger partial charge in [0.25, 0.3) is 5.91 Å². The van der Waals surface area contributed by atoms with Gasteiger partial charge in [0.15, 0.2) is 17.3 Å². The molecule has 6 rings (SSSR count). The van der Waals surface area contributed by atoms with Crippen LogP contribution in [-0.4, -0.2) is 46.4 Å². The highest BCUT2D eigenvalue weighted by Gasteiger charge is 2.45. The van der Waals surface area contributed by atoms with Crippen LogP contribution < -0.4 is 23.8 Å². The van der Waals surface area contributed by atoms with Gasteiger partial charge < -0.3 is 23.5 Å². The quantitative estimate of drug-likeness (QED) is 0.322. The van der Waals surface area contributed by atoms with Crippen LogP contribution in [0.1, 0.15) is 47.7 Å². The molecule has 0 spiro atoms. The first-order valence-corrected chi connectivity index (χ1v) is 12.5. The van der Waals surface area contributed by atoms with E-state index < -0.39 is 17.8 Å². The number of halogens is 2. The average molecular weight is 552 g/mol. The van der Waals surface area contributed by atoms with Crippen molar-refractivity contribution < 1.29 is 28.1 Å². The number of carbonyl (C=O) groups excluding carboxylic acids is 1. The molecule has 4 heterocycles. The molecule has 2 aromatic carbocycles. The predicted octanol–water partition coefficient (Wildman–Crippen LogP) is 5.21. The monoisotopic (exact) mass is 551 g/mol. The maximum Gasteiger partial charge on any atom is 0.319 e. The van der Waals surface area contributed by atoms with Gasteiger partial charge in [-0.05, 0) is 31.5 Å². The standard InChI is InChI=1S/C27H23ClFN5O5/c1-13(2)33-22-20(31-24(33)17-11-30-27(37-4)32-25(17)36-3)26(35)34(21(22)14-5-7-15(28)8-6-14)16-9-18(29)23-19(10-16)38-12-39-23/h5-11,13,21H,12H2,1-4H3. The van der Waals surface area contributed by atoms with Crippen molar-refractivity contribution in [2.24, 2.45) is 0 Å². The molecule has 12 heteroatoms. The molecule has 2 aromatic heterocycles. The maximum atomic E-state index is 15.0. The minimum atomic E-state index is -0.654. The highest BCUT2D eigenvalue weighted by molar-refractivity contribution is 6.30. The number of hydrogen-bond acceptors (Lipinski definition) is 8. The summed E-state index contributed by atoms with van der Waals surface area (Å²) in [5.74, 6) is -0.0812. The Morgan fingerprint density at radius 3 is 2.56 bits per heavy atom. The lowest BCUT2D eigenvalue weighted by Crippen LogP contribution is -2.30. The summed E-state index contributed by atoms with van der Waals surface area (Å²) in [6, 6.07) is 9.36. The Kier molecular flexibility index (Phi) is 6.02. The number of hydrogen-bond donors (Lipinski definition) is 0. The number of nitrogens with zero attached hydrogens (tertiary/aromatic N) is 5. The molecular formula is C27H23ClFN5O5. The van der Waals surface area contributed by atoms with Gasteiger partial charge in [-0.3, -0.25) is 9.69 Å². The molecule has 2 aliphatic rings. The molecular weight excluding hydrogens is 529 g/mol. The minimum Gasteiger partial charge on any atom is -0.480 e. The number of aromatic nitrogens is 4. The van der Waals surface area contributed by atoms with Crippen LogP contribution in [0.4, 0.5) is 10.1 Å². The third-order valence-corrected chi connectivity index (χ3v) is 6.88. The minimum absolute atomic E-state index is 0.0182. The summed E-state index contributed by atoms with van der Waals surface area (Å²) < 4.78 is 38.3. The van der Waals surface area contributed by atoms with Gasteiger partial charge in [-0.15, -0.1) is 0 Å². The zero-order valence-corrected chi connectivity index (χ0v) is 22.2. The fourth-order valence-corrected chi connectivity index (χ4v) is 5.13. The van der Waals surface area contributed by atoms with Gasteiger partial charge in [0, 0.05) is 29.4 Å². The van der Waals surface area contributed by atoms with Crippen molar-refractivity contribution in [2.75, 3.05) is 25.9 Å². The van der Waals surface area contributed by atoms with Gasteiger partial charge in [0.05, 0.1) is 31.2 Å². The average Bonchev–Trinajstić information content (AvgIpc) is 3.63. The van der Waals surface area contributed by atoms with Crippen molar-refractivity contribution in [3.05, 3.63) is 70.4 Å². The Morgan fingerprint density at radius 1 is 1.10 bits per heavy atom. The second-order valence-electron chi connectivity index (χ2n) is 9.20. The second-order valence-corrected chi connectivity index (χ2v) is 9.64. The largest absolute Gasteiger partial charge is 0.480 e. The zero-order chi connectivity index (χ0) is 27.4. The van der Waals surface area contributed by atoms with E-state index in [0.29, 0.717) is 27.8 Å². The van der Waals surface area contributed by atoms with Crippen molar-refractivity contribution >= 4 is 23.2 Å². The lowest BCUT2D eigenvalue weighted by molar-refractivity contribution is 0.0989. The molecule has 200 valence electrons. The molecule has 1 amide bonds. The van der Waals surface area contributed by atoms with Crippen LogP contribution in [0.15, 0.2) is 42.6 Å². The lowest BCUT2D eigenvalue weighted by Gasteiger charge is -2.28. The van der Waals surface area contributed by atoms with E-state index in [9.17, 15) is 9.18 Å². The molecule has 1 atom stereocenters. The number of methoxy groups -OCH3 is 2. The fraction of sp³-hybridized carbons (Fsp3) is 0.259. The van der Waals surface area contributed by atoms with Gasteiger partial charge in [-0.2, -0.15) is 4.98 Å². The highest BCUT2D eigenvalue weighted by atomic mass is 35.5. The molecule has 4 aromatic rings. The molecule has 10 nitrogen and oxygen atoms in total. The van der Waals surface area contributed by atoms with E-state index in [1.165, 1.54) is 25.2 Å². The smallest absolute Gasteiger partial charge is 0.319 e. The fourth-order valence-electron chi connectivity index (χ4n) is 5.00. The first kappa shape index (κ1) is 24.9. The summed E-state index contributed by atoms with van der Waals surface area (Å²) in [4.78, 5) is 28.9. The summed E-state index contributed by atoms with van der Waals surface area (Å²) in [6.45, 7) is 3.86. The van der Waals surface area contributed by atoms with Crippen LogP contribution in [0.5, 0.6) is 23.4 Å². The summed E-state index contributed by atoms with van der Waals surface area (Å²) in [7, 11) is 2.94. The lowest BCUT2D eigenvalue weighted by atomic mass is 10.0. The molecule has 0 N–H and O–H groups in total. The molecule has 2 aliphatic heterocycles. The highest BCUT2D eigenvalue weighted by Crippen LogP contribution is 2.48. The second kappa shape index (κ2) is 9.42. The number of amides is 1. The van der Waals surface area contributed by atoms with E-state index in [1.54, 1.807) is 24.4 Å². The normalized spacial score (nSPS) is 15.7. The van der Waals surface area contributed by atoms with E-state index in [2.05, 4.69) is 9.97 Å². The van der Waals surface area contributed by atoms with Crippen molar-refractivity contribution in [1.29, 1.82) is 0 Å². The van der Waals surface area contributed by atoms with Crippen molar-refractivity contribution in [2.45, 2.75) is 25.9 Å². The Balaban J connectivity index is 1.59. The molecule has 0 saturated carbocycles. The Labute approximate surface area is 227 Å². The predicted molar refractivity (Wildman–Crippen MR) is 139 cm³/mol. The van der Waals surface area contributed by atoms with Crippen LogP contribution in [-0.2, 0) is 0 Å². The van der Waals surface area contributed by atoms with Gasteiger partial charge in [-0.25, -0.2) is 14.4 Å². The molecule has 39 heavy (non-hydrogen) atoms. The van der Waals surface area contributed by atoms with Crippen LogP contribution in [0.2, 0.25) is 5.02 Å². The van der Waals surface area contributed by atoms with Gasteiger partial charge in [0.2, 0.25) is 18.4 Å². The topological polar surface area (TPSA) is 101 Å². The number of ether oxygens (including phenoxy) is 4. The van der Waals surface area contributed by atoms with Crippen molar-refractivity contribution in [1.82, 2.24) is 19.5 Å². The van der Waals surface area contributed by atoms with E-state index in [4.69, 9.17) is 35.5 Å².